The maximum Gasteiger partial charge on any atom is 0.157 e. The monoisotopic (exact) mass is 221 g/mol. The molecule has 0 aromatic carbocycles. The van der Waals surface area contributed by atoms with Gasteiger partial charge in [0.25, 0.3) is 0 Å². The average Bonchev–Trinajstić information content (AvgIpc) is 2.57. The third-order valence-corrected chi connectivity index (χ3v) is 3.51. The molecule has 1 aliphatic heterocycles. The van der Waals surface area contributed by atoms with Crippen molar-refractivity contribution in [1.29, 1.82) is 0 Å². The molecule has 4 heteroatoms. The van der Waals surface area contributed by atoms with Gasteiger partial charge in [0, 0.05) is 23.7 Å². The Morgan fingerprint density at radius 2 is 2.47 bits per heavy atom. The molecule has 80 valence electrons. The number of hydrogen-bond acceptors (Lipinski definition) is 3. The summed E-state index contributed by atoms with van der Waals surface area (Å²) in [6, 6.07) is 3.98. The Hall–Kier alpha value is -1.03. The maximum absolute atomic E-state index is 4.52. The minimum Gasteiger partial charge on any atom is -0.359 e. The molecule has 2 heterocycles. The highest BCUT2D eigenvalue weighted by Crippen LogP contribution is 2.22. The van der Waals surface area contributed by atoms with Crippen LogP contribution in [-0.4, -0.2) is 21.4 Å². The molecule has 0 amide bonds. The number of thioether (sulfide) groups is 1. The van der Waals surface area contributed by atoms with Crippen LogP contribution in [0.15, 0.2) is 29.5 Å². The van der Waals surface area contributed by atoms with E-state index >= 15 is 0 Å². The van der Waals surface area contributed by atoms with Gasteiger partial charge in [-0.1, -0.05) is 17.8 Å². The van der Waals surface area contributed by atoms with Crippen molar-refractivity contribution < 1.29 is 0 Å². The molecule has 0 bridgehead atoms. The number of aliphatic imine (C=N–C) groups is 1. The molecule has 0 spiro atoms. The molecule has 1 aromatic rings. The van der Waals surface area contributed by atoms with E-state index in [2.05, 4.69) is 29.1 Å². The van der Waals surface area contributed by atoms with Crippen LogP contribution in [0.3, 0.4) is 0 Å². The van der Waals surface area contributed by atoms with Gasteiger partial charge in [-0.2, -0.15) is 0 Å². The fourth-order valence-corrected chi connectivity index (χ4v) is 2.42. The van der Waals surface area contributed by atoms with Gasteiger partial charge in [-0.25, -0.2) is 0 Å². The van der Waals surface area contributed by atoms with Crippen LogP contribution in [0, 0.1) is 0 Å². The van der Waals surface area contributed by atoms with Gasteiger partial charge in [-0.05, 0) is 25.5 Å². The minimum atomic E-state index is 0.179. The van der Waals surface area contributed by atoms with Gasteiger partial charge in [0.1, 0.15) is 0 Å². The third-order valence-electron chi connectivity index (χ3n) is 2.14. The predicted octanol–water partition coefficient (Wildman–Crippen LogP) is 2.05. The Balaban J connectivity index is 1.96. The van der Waals surface area contributed by atoms with Crippen LogP contribution in [0.2, 0.25) is 0 Å². The van der Waals surface area contributed by atoms with E-state index in [9.17, 15) is 0 Å². The Bertz CT molecular complexity index is 359. The van der Waals surface area contributed by atoms with Crippen LogP contribution in [0.5, 0.6) is 0 Å². The van der Waals surface area contributed by atoms with Crippen molar-refractivity contribution in [2.24, 2.45) is 4.99 Å². The van der Waals surface area contributed by atoms with Gasteiger partial charge in [0.2, 0.25) is 0 Å². The normalized spacial score (nSPS) is 21.6. The van der Waals surface area contributed by atoms with Crippen LogP contribution in [0.25, 0.3) is 0 Å². The van der Waals surface area contributed by atoms with E-state index in [1.807, 2.05) is 18.3 Å². The van der Waals surface area contributed by atoms with Gasteiger partial charge >= 0.3 is 0 Å². The molecular weight excluding hydrogens is 206 g/mol. The van der Waals surface area contributed by atoms with Crippen LogP contribution < -0.4 is 5.32 Å². The van der Waals surface area contributed by atoms with Crippen molar-refractivity contribution in [3.8, 4) is 0 Å². The molecule has 0 atom stereocenters. The van der Waals surface area contributed by atoms with E-state index in [4.69, 9.17) is 0 Å². The fourth-order valence-electron chi connectivity index (χ4n) is 1.35. The molecule has 1 aliphatic rings. The highest BCUT2D eigenvalue weighted by molar-refractivity contribution is 8.14. The second-order valence-electron chi connectivity index (χ2n) is 4.28. The van der Waals surface area contributed by atoms with E-state index in [1.54, 1.807) is 18.0 Å². The fraction of sp³-hybridized carbons (Fsp3) is 0.455. The van der Waals surface area contributed by atoms with Crippen LogP contribution in [0.4, 0.5) is 0 Å². The molecule has 0 saturated carbocycles. The molecule has 15 heavy (non-hydrogen) atoms. The summed E-state index contributed by atoms with van der Waals surface area (Å²) in [6.07, 6.45) is 3.64. The second kappa shape index (κ2) is 4.23. The zero-order chi connectivity index (χ0) is 10.7. The van der Waals surface area contributed by atoms with E-state index in [0.29, 0.717) is 6.54 Å². The molecule has 1 aromatic heterocycles. The number of amidine groups is 1. The lowest BCUT2D eigenvalue weighted by Crippen LogP contribution is -2.36. The molecule has 1 N–H and O–H groups in total. The number of nitrogens with one attached hydrogen (secondary N) is 1. The van der Waals surface area contributed by atoms with Crippen molar-refractivity contribution >= 4 is 16.9 Å². The van der Waals surface area contributed by atoms with Gasteiger partial charge < -0.3 is 5.32 Å². The number of pyridine rings is 1. The minimum absolute atomic E-state index is 0.179. The van der Waals surface area contributed by atoms with E-state index < -0.39 is 0 Å². The first kappa shape index (κ1) is 10.5. The topological polar surface area (TPSA) is 37.3 Å². The van der Waals surface area contributed by atoms with Crippen LogP contribution in [-0.2, 0) is 6.54 Å². The maximum atomic E-state index is 4.52. The Kier molecular flexibility index (Phi) is 2.95. The summed E-state index contributed by atoms with van der Waals surface area (Å²) in [5, 5.41) is 4.44. The molecule has 0 radical (unpaired) electrons. The summed E-state index contributed by atoms with van der Waals surface area (Å²) in [4.78, 5) is 8.58. The number of rotatable bonds is 2. The predicted molar refractivity (Wildman–Crippen MR) is 65.0 cm³/mol. The van der Waals surface area contributed by atoms with Crippen LogP contribution in [0.1, 0.15) is 19.4 Å². The quantitative estimate of drug-likeness (QED) is 0.830. The van der Waals surface area contributed by atoms with Crippen molar-refractivity contribution in [3.63, 3.8) is 0 Å². The Labute approximate surface area is 94.4 Å². The summed E-state index contributed by atoms with van der Waals surface area (Å²) >= 11 is 1.79. The summed E-state index contributed by atoms with van der Waals surface area (Å²) in [6.45, 7) is 5.08. The van der Waals surface area contributed by atoms with Gasteiger partial charge in [0.05, 0.1) is 6.54 Å². The second-order valence-corrected chi connectivity index (χ2v) is 5.24. The standard InChI is InChI=1S/C11H15N3S/c1-11(2)8-15-10(14-11)13-7-9-4-3-5-12-6-9/h3-6H,7-8H2,1-2H3,(H,13,14). The summed E-state index contributed by atoms with van der Waals surface area (Å²) in [5.74, 6) is 1.08. The van der Waals surface area contributed by atoms with Crippen LogP contribution >= 0.6 is 11.8 Å². The molecule has 3 nitrogen and oxygen atoms in total. The van der Waals surface area contributed by atoms with E-state index in [-0.39, 0.29) is 5.54 Å². The molecular formula is C11H15N3S. The molecule has 0 aliphatic carbocycles. The van der Waals surface area contributed by atoms with Gasteiger partial charge in [-0.3, -0.25) is 9.98 Å². The van der Waals surface area contributed by atoms with Crippen molar-refractivity contribution in [1.82, 2.24) is 10.3 Å². The van der Waals surface area contributed by atoms with Crippen molar-refractivity contribution in [3.05, 3.63) is 30.1 Å². The number of nitrogens with zero attached hydrogens (tertiary/aromatic N) is 2. The Morgan fingerprint density at radius 3 is 3.07 bits per heavy atom. The average molecular weight is 221 g/mol. The summed E-state index contributed by atoms with van der Waals surface area (Å²) in [5.41, 5.74) is 1.33. The lowest BCUT2D eigenvalue weighted by molar-refractivity contribution is 0.536. The molecule has 2 rings (SSSR count). The molecule has 0 unspecified atom stereocenters. The lowest BCUT2D eigenvalue weighted by Gasteiger charge is -2.15. The highest BCUT2D eigenvalue weighted by atomic mass is 32.2. The zero-order valence-electron chi connectivity index (χ0n) is 9.03. The third kappa shape index (κ3) is 2.96. The Morgan fingerprint density at radius 1 is 1.60 bits per heavy atom. The van der Waals surface area contributed by atoms with E-state index in [1.165, 1.54) is 0 Å². The van der Waals surface area contributed by atoms with E-state index in [0.717, 1.165) is 16.5 Å². The van der Waals surface area contributed by atoms with Gasteiger partial charge in [0.15, 0.2) is 5.17 Å². The first-order chi connectivity index (χ1) is 7.16. The summed E-state index contributed by atoms with van der Waals surface area (Å²) in [7, 11) is 0. The van der Waals surface area contributed by atoms with Crippen molar-refractivity contribution in [2.45, 2.75) is 25.9 Å². The van der Waals surface area contributed by atoms with Crippen molar-refractivity contribution in [2.75, 3.05) is 5.75 Å². The first-order valence-electron chi connectivity index (χ1n) is 5.00. The highest BCUT2D eigenvalue weighted by Gasteiger charge is 2.26. The largest absolute Gasteiger partial charge is 0.359 e. The zero-order valence-corrected chi connectivity index (χ0v) is 9.84. The smallest absolute Gasteiger partial charge is 0.157 e. The summed E-state index contributed by atoms with van der Waals surface area (Å²) < 4.78 is 0. The first-order valence-corrected chi connectivity index (χ1v) is 5.99. The lowest BCUT2D eigenvalue weighted by atomic mass is 10.1. The molecule has 1 saturated heterocycles. The molecule has 1 fully saturated rings. The number of aromatic nitrogens is 1. The van der Waals surface area contributed by atoms with Gasteiger partial charge in [-0.15, -0.1) is 0 Å². The number of hydrogen-bond donors (Lipinski definition) is 1. The SMILES string of the molecule is CC1(C)CSC(=NCc2cccnc2)N1.